The first-order chi connectivity index (χ1) is 11.2. The molecule has 0 amide bonds. The molecule has 0 heterocycles. The third kappa shape index (κ3) is 3.71. The maximum Gasteiger partial charge on any atom is 0.335 e. The van der Waals surface area contributed by atoms with Gasteiger partial charge in [-0.2, -0.15) is 0 Å². The number of aromatic carboxylic acids is 1. The molecule has 0 saturated heterocycles. The summed E-state index contributed by atoms with van der Waals surface area (Å²) < 4.78 is 5.27. The third-order valence-corrected chi connectivity index (χ3v) is 4.50. The second kappa shape index (κ2) is 6.84. The zero-order valence-electron chi connectivity index (χ0n) is 13.2. The Bertz CT molecular complexity index is 675. The van der Waals surface area contributed by atoms with Gasteiger partial charge in [0.25, 0.3) is 0 Å². The lowest BCUT2D eigenvalue weighted by Gasteiger charge is -2.36. The molecule has 3 rings (SSSR count). The fraction of sp³-hybridized carbons (Fsp3) is 0.316. The largest absolute Gasteiger partial charge is 0.497 e. The number of hydrogen-bond donors (Lipinski definition) is 2. The van der Waals surface area contributed by atoms with Crippen molar-refractivity contribution in [2.45, 2.75) is 31.3 Å². The number of methoxy groups -OCH3 is 1. The van der Waals surface area contributed by atoms with Crippen molar-refractivity contribution in [3.05, 3.63) is 65.2 Å². The van der Waals surface area contributed by atoms with Crippen molar-refractivity contribution in [2.24, 2.45) is 0 Å². The molecule has 0 bridgehead atoms. The van der Waals surface area contributed by atoms with Crippen LogP contribution in [0.15, 0.2) is 48.5 Å². The Labute approximate surface area is 136 Å². The topological polar surface area (TPSA) is 58.6 Å². The van der Waals surface area contributed by atoms with Crippen LogP contribution in [0.25, 0.3) is 0 Å². The lowest BCUT2D eigenvalue weighted by molar-refractivity contribution is 0.0697. The molecule has 23 heavy (non-hydrogen) atoms. The number of nitrogens with one attached hydrogen (secondary N) is 1. The van der Waals surface area contributed by atoms with Gasteiger partial charge in [0.15, 0.2) is 0 Å². The molecule has 120 valence electrons. The van der Waals surface area contributed by atoms with E-state index < -0.39 is 5.97 Å². The van der Waals surface area contributed by atoms with Gasteiger partial charge in [-0.3, -0.25) is 0 Å². The number of hydrogen-bond acceptors (Lipinski definition) is 3. The minimum atomic E-state index is -0.885. The van der Waals surface area contributed by atoms with Gasteiger partial charge < -0.3 is 15.2 Å². The maximum absolute atomic E-state index is 10.8. The molecule has 4 heteroatoms. The zero-order chi connectivity index (χ0) is 16.2. The van der Waals surface area contributed by atoms with Crippen LogP contribution in [0.2, 0.25) is 0 Å². The van der Waals surface area contributed by atoms with Gasteiger partial charge in [0.1, 0.15) is 5.75 Å². The summed E-state index contributed by atoms with van der Waals surface area (Å²) in [6.45, 7) is 0.773. The molecule has 0 aromatic heterocycles. The Morgan fingerprint density at radius 3 is 2.61 bits per heavy atom. The predicted octanol–water partition coefficient (Wildman–Crippen LogP) is 3.43. The zero-order valence-corrected chi connectivity index (χ0v) is 13.2. The predicted molar refractivity (Wildman–Crippen MR) is 89.0 cm³/mol. The van der Waals surface area contributed by atoms with E-state index in [1.807, 2.05) is 24.3 Å². The first-order valence-electron chi connectivity index (χ1n) is 7.85. The van der Waals surface area contributed by atoms with E-state index in [1.165, 1.54) is 5.56 Å². The van der Waals surface area contributed by atoms with Gasteiger partial charge in [0, 0.05) is 12.6 Å². The summed E-state index contributed by atoms with van der Waals surface area (Å²) in [4.78, 5) is 10.8. The van der Waals surface area contributed by atoms with Crippen molar-refractivity contribution >= 4 is 5.97 Å². The SMILES string of the molecule is COc1cccc(C2CC(NCc3ccc(C(=O)O)cc3)C2)c1. The summed E-state index contributed by atoms with van der Waals surface area (Å²) >= 11 is 0. The van der Waals surface area contributed by atoms with Gasteiger partial charge in [-0.05, 0) is 54.2 Å². The van der Waals surface area contributed by atoms with Crippen molar-refractivity contribution in [2.75, 3.05) is 7.11 Å². The van der Waals surface area contributed by atoms with Crippen LogP contribution in [0.4, 0.5) is 0 Å². The molecule has 0 radical (unpaired) electrons. The van der Waals surface area contributed by atoms with Gasteiger partial charge in [-0.1, -0.05) is 24.3 Å². The number of ether oxygens (including phenoxy) is 1. The smallest absolute Gasteiger partial charge is 0.335 e. The van der Waals surface area contributed by atoms with Crippen molar-refractivity contribution in [3.63, 3.8) is 0 Å². The minimum absolute atomic E-state index is 0.329. The molecule has 2 aromatic rings. The first-order valence-corrected chi connectivity index (χ1v) is 7.85. The van der Waals surface area contributed by atoms with Crippen LogP contribution < -0.4 is 10.1 Å². The molecule has 0 aliphatic heterocycles. The average molecular weight is 311 g/mol. The number of carboxylic acids is 1. The van der Waals surface area contributed by atoms with Crippen LogP contribution >= 0.6 is 0 Å². The summed E-state index contributed by atoms with van der Waals surface area (Å²) in [5.41, 5.74) is 2.78. The second-order valence-corrected chi connectivity index (χ2v) is 6.02. The molecule has 1 aliphatic carbocycles. The Hall–Kier alpha value is -2.33. The molecule has 1 saturated carbocycles. The van der Waals surface area contributed by atoms with Crippen LogP contribution in [-0.2, 0) is 6.54 Å². The summed E-state index contributed by atoms with van der Waals surface area (Å²) in [6.07, 6.45) is 2.25. The van der Waals surface area contributed by atoms with E-state index in [9.17, 15) is 4.79 Å². The van der Waals surface area contributed by atoms with E-state index in [4.69, 9.17) is 9.84 Å². The standard InChI is InChI=1S/C19H21NO3/c1-23-18-4-2-3-15(11-18)16-9-17(10-16)20-12-13-5-7-14(8-6-13)19(21)22/h2-8,11,16-17,20H,9-10,12H2,1H3,(H,21,22). The molecule has 2 aromatic carbocycles. The van der Waals surface area contributed by atoms with Crippen molar-refractivity contribution < 1.29 is 14.6 Å². The lowest BCUT2D eigenvalue weighted by Crippen LogP contribution is -2.39. The molecule has 4 nitrogen and oxygen atoms in total. The van der Waals surface area contributed by atoms with E-state index in [0.717, 1.165) is 30.7 Å². The van der Waals surface area contributed by atoms with Crippen molar-refractivity contribution in [3.8, 4) is 5.75 Å². The number of carbonyl (C=O) groups is 1. The Morgan fingerprint density at radius 2 is 1.96 bits per heavy atom. The molecular formula is C19H21NO3. The number of rotatable bonds is 6. The number of carboxylic acid groups (broad SMARTS) is 1. The van der Waals surface area contributed by atoms with Gasteiger partial charge in [0.2, 0.25) is 0 Å². The first kappa shape index (κ1) is 15.6. The Balaban J connectivity index is 1.47. The van der Waals surface area contributed by atoms with Crippen LogP contribution in [0.5, 0.6) is 5.75 Å². The highest BCUT2D eigenvalue weighted by Gasteiger charge is 2.29. The normalized spacial score (nSPS) is 19.9. The maximum atomic E-state index is 10.8. The van der Waals surface area contributed by atoms with Crippen molar-refractivity contribution in [1.29, 1.82) is 0 Å². The van der Waals surface area contributed by atoms with Crippen LogP contribution in [0.1, 0.15) is 40.2 Å². The van der Waals surface area contributed by atoms with Gasteiger partial charge >= 0.3 is 5.97 Å². The van der Waals surface area contributed by atoms with Gasteiger partial charge in [-0.15, -0.1) is 0 Å². The minimum Gasteiger partial charge on any atom is -0.497 e. The molecule has 0 unspecified atom stereocenters. The second-order valence-electron chi connectivity index (χ2n) is 6.02. The van der Waals surface area contributed by atoms with Crippen LogP contribution in [0, 0.1) is 0 Å². The summed E-state index contributed by atoms with van der Waals surface area (Å²) in [5.74, 6) is 0.624. The Kier molecular flexibility index (Phi) is 4.63. The van der Waals surface area contributed by atoms with Crippen molar-refractivity contribution in [1.82, 2.24) is 5.32 Å². The monoisotopic (exact) mass is 311 g/mol. The molecular weight excluding hydrogens is 290 g/mol. The third-order valence-electron chi connectivity index (χ3n) is 4.50. The van der Waals surface area contributed by atoms with E-state index in [-0.39, 0.29) is 0 Å². The summed E-state index contributed by atoms with van der Waals surface area (Å²) in [6, 6.07) is 15.9. The highest BCUT2D eigenvalue weighted by Crippen LogP contribution is 2.38. The summed E-state index contributed by atoms with van der Waals surface area (Å²) in [7, 11) is 1.69. The van der Waals surface area contributed by atoms with Crippen LogP contribution in [0.3, 0.4) is 0 Å². The van der Waals surface area contributed by atoms with Gasteiger partial charge in [-0.25, -0.2) is 4.79 Å². The summed E-state index contributed by atoms with van der Waals surface area (Å²) in [5, 5.41) is 12.4. The molecule has 0 atom stereocenters. The fourth-order valence-electron chi connectivity index (χ4n) is 2.98. The van der Waals surface area contributed by atoms with E-state index >= 15 is 0 Å². The average Bonchev–Trinajstić information content (AvgIpc) is 2.54. The Morgan fingerprint density at radius 1 is 1.22 bits per heavy atom. The van der Waals surface area contributed by atoms with E-state index in [1.54, 1.807) is 19.2 Å². The highest BCUT2D eigenvalue weighted by molar-refractivity contribution is 5.87. The molecule has 2 N–H and O–H groups in total. The number of benzene rings is 2. The highest BCUT2D eigenvalue weighted by atomic mass is 16.5. The fourth-order valence-corrected chi connectivity index (χ4v) is 2.98. The molecule has 1 aliphatic rings. The molecule has 0 spiro atoms. The van der Waals surface area contributed by atoms with E-state index in [0.29, 0.717) is 17.5 Å². The quantitative estimate of drug-likeness (QED) is 0.858. The van der Waals surface area contributed by atoms with Crippen LogP contribution in [-0.4, -0.2) is 24.2 Å². The van der Waals surface area contributed by atoms with E-state index in [2.05, 4.69) is 17.4 Å². The molecule has 1 fully saturated rings. The van der Waals surface area contributed by atoms with Gasteiger partial charge in [0.05, 0.1) is 12.7 Å². The lowest BCUT2D eigenvalue weighted by atomic mass is 9.76.